The molecule has 8 heteroatoms. The molecule has 0 spiro atoms. The zero-order valence-electron chi connectivity index (χ0n) is 16.4. The van der Waals surface area contributed by atoms with Crippen LogP contribution in [0.1, 0.15) is 37.4 Å². The van der Waals surface area contributed by atoms with Gasteiger partial charge in [0.15, 0.2) is 11.5 Å². The van der Waals surface area contributed by atoms with E-state index in [4.69, 9.17) is 9.84 Å². The Labute approximate surface area is 169 Å². The van der Waals surface area contributed by atoms with Gasteiger partial charge in [-0.05, 0) is 63.0 Å². The van der Waals surface area contributed by atoms with Crippen molar-refractivity contribution in [1.82, 2.24) is 29.7 Å². The second-order valence-electron chi connectivity index (χ2n) is 8.22. The fourth-order valence-corrected chi connectivity index (χ4v) is 4.46. The molecule has 1 N–H and O–H groups in total. The van der Waals surface area contributed by atoms with E-state index in [0.29, 0.717) is 19.1 Å². The number of likely N-dealkylation sites (tertiary alicyclic amines) is 1. The summed E-state index contributed by atoms with van der Waals surface area (Å²) < 4.78 is 7.37. The molecule has 2 fully saturated rings. The second-order valence-corrected chi connectivity index (χ2v) is 8.22. The largest absolute Gasteiger partial charge is 0.386 e. The summed E-state index contributed by atoms with van der Waals surface area (Å²) in [6, 6.07) is 7.83. The maximum absolute atomic E-state index is 10.7. The van der Waals surface area contributed by atoms with Crippen molar-refractivity contribution < 1.29 is 9.84 Å². The molecule has 0 saturated carbocycles. The molecule has 5 heterocycles. The number of rotatable bonds is 4. The molecule has 2 aliphatic rings. The minimum Gasteiger partial charge on any atom is -0.386 e. The summed E-state index contributed by atoms with van der Waals surface area (Å²) >= 11 is 0. The minimum atomic E-state index is -0.702. The Balaban J connectivity index is 1.30. The number of aromatic nitrogens is 5. The highest BCUT2D eigenvalue weighted by molar-refractivity contribution is 5.58. The van der Waals surface area contributed by atoms with E-state index in [0.717, 1.165) is 68.1 Å². The third-order valence-corrected chi connectivity index (χ3v) is 6.02. The number of ether oxygens (including phenoxy) is 1. The molecule has 1 unspecified atom stereocenters. The van der Waals surface area contributed by atoms with E-state index in [2.05, 4.69) is 20.1 Å². The van der Waals surface area contributed by atoms with Crippen molar-refractivity contribution in [2.75, 3.05) is 32.8 Å². The van der Waals surface area contributed by atoms with Gasteiger partial charge in [-0.25, -0.2) is 0 Å². The predicted molar refractivity (Wildman–Crippen MR) is 107 cm³/mol. The van der Waals surface area contributed by atoms with E-state index in [9.17, 15) is 5.11 Å². The summed E-state index contributed by atoms with van der Waals surface area (Å²) in [5.74, 6) is 1.24. The molecular formula is C21H26N6O2. The summed E-state index contributed by atoms with van der Waals surface area (Å²) in [4.78, 5) is 6.54. The molecule has 5 rings (SSSR count). The number of fused-ring (bicyclic) bond motifs is 1. The smallest absolute Gasteiger partial charge is 0.177 e. The molecular weight excluding hydrogens is 368 g/mol. The van der Waals surface area contributed by atoms with Crippen LogP contribution in [0.2, 0.25) is 0 Å². The summed E-state index contributed by atoms with van der Waals surface area (Å²) in [6.45, 7) is 3.76. The molecule has 152 valence electrons. The molecule has 0 aromatic carbocycles. The van der Waals surface area contributed by atoms with Gasteiger partial charge in [0.25, 0.3) is 0 Å². The van der Waals surface area contributed by atoms with E-state index >= 15 is 0 Å². The SMILES string of the molecule is OC1(CN2CCC(c3nnc4ccc(-c5cccnc5)nn34)CC2)CCCOC1. The fraction of sp³-hybridized carbons (Fsp3) is 0.524. The van der Waals surface area contributed by atoms with Gasteiger partial charge in [0.05, 0.1) is 12.3 Å². The Morgan fingerprint density at radius 1 is 1.17 bits per heavy atom. The molecule has 3 aromatic rings. The van der Waals surface area contributed by atoms with E-state index in [1.54, 1.807) is 6.20 Å². The Bertz CT molecular complexity index is 962. The molecule has 0 aliphatic carbocycles. The van der Waals surface area contributed by atoms with E-state index in [1.165, 1.54) is 0 Å². The Morgan fingerprint density at radius 3 is 2.83 bits per heavy atom. The average molecular weight is 394 g/mol. The topological polar surface area (TPSA) is 88.7 Å². The number of aliphatic hydroxyl groups is 1. The summed E-state index contributed by atoms with van der Waals surface area (Å²) in [7, 11) is 0. The number of hydrogen-bond acceptors (Lipinski definition) is 7. The lowest BCUT2D eigenvalue weighted by Gasteiger charge is -2.39. The molecule has 2 aliphatic heterocycles. The van der Waals surface area contributed by atoms with Crippen LogP contribution in [0.15, 0.2) is 36.7 Å². The van der Waals surface area contributed by atoms with Gasteiger partial charge in [0, 0.05) is 37.0 Å². The van der Waals surface area contributed by atoms with Gasteiger partial charge in [-0.15, -0.1) is 10.2 Å². The lowest BCUT2D eigenvalue weighted by atomic mass is 9.92. The summed E-state index contributed by atoms with van der Waals surface area (Å²) in [6.07, 6.45) is 7.30. The summed E-state index contributed by atoms with van der Waals surface area (Å²) in [5.41, 5.74) is 1.91. The highest BCUT2D eigenvalue weighted by Crippen LogP contribution is 2.29. The molecule has 8 nitrogen and oxygen atoms in total. The van der Waals surface area contributed by atoms with E-state index in [1.807, 2.05) is 35.0 Å². The predicted octanol–water partition coefficient (Wildman–Crippen LogP) is 1.91. The molecule has 1 atom stereocenters. The Morgan fingerprint density at radius 2 is 2.07 bits per heavy atom. The van der Waals surface area contributed by atoms with Gasteiger partial charge in [0.1, 0.15) is 5.60 Å². The zero-order chi connectivity index (χ0) is 19.7. The molecule has 0 bridgehead atoms. The van der Waals surface area contributed by atoms with E-state index < -0.39 is 5.60 Å². The van der Waals surface area contributed by atoms with Crippen molar-refractivity contribution in [2.24, 2.45) is 0 Å². The number of β-amino-alcohol motifs (C(OH)–C–C–N with tert-alkyl or cyclic N) is 1. The molecule has 2 saturated heterocycles. The van der Waals surface area contributed by atoms with Gasteiger partial charge in [0.2, 0.25) is 0 Å². The van der Waals surface area contributed by atoms with Crippen molar-refractivity contribution >= 4 is 5.65 Å². The van der Waals surface area contributed by atoms with Gasteiger partial charge in [-0.2, -0.15) is 9.61 Å². The van der Waals surface area contributed by atoms with Crippen molar-refractivity contribution in [3.63, 3.8) is 0 Å². The molecule has 0 radical (unpaired) electrons. The molecule has 3 aromatic heterocycles. The number of nitrogens with zero attached hydrogens (tertiary/aromatic N) is 6. The molecule has 0 amide bonds. The first-order chi connectivity index (χ1) is 14.2. The van der Waals surface area contributed by atoms with Crippen LogP contribution in [-0.4, -0.2) is 73.3 Å². The zero-order valence-corrected chi connectivity index (χ0v) is 16.4. The van der Waals surface area contributed by atoms with Gasteiger partial charge in [-0.3, -0.25) is 4.98 Å². The quantitative estimate of drug-likeness (QED) is 0.723. The highest BCUT2D eigenvalue weighted by Gasteiger charge is 2.34. The van der Waals surface area contributed by atoms with Crippen LogP contribution in [0.4, 0.5) is 0 Å². The number of piperidine rings is 1. The minimum absolute atomic E-state index is 0.315. The van der Waals surface area contributed by atoms with Gasteiger partial charge in [-0.1, -0.05) is 0 Å². The van der Waals surface area contributed by atoms with Crippen molar-refractivity contribution in [2.45, 2.75) is 37.2 Å². The maximum Gasteiger partial charge on any atom is 0.177 e. The third-order valence-electron chi connectivity index (χ3n) is 6.02. The monoisotopic (exact) mass is 394 g/mol. The Kier molecular flexibility index (Phi) is 4.99. The first kappa shape index (κ1) is 18.6. The molecule has 29 heavy (non-hydrogen) atoms. The van der Waals surface area contributed by atoms with Crippen LogP contribution < -0.4 is 0 Å². The van der Waals surface area contributed by atoms with Crippen molar-refractivity contribution in [1.29, 1.82) is 0 Å². The number of pyridine rings is 1. The van der Waals surface area contributed by atoms with Crippen LogP contribution in [-0.2, 0) is 4.74 Å². The second kappa shape index (κ2) is 7.78. The van der Waals surface area contributed by atoms with Gasteiger partial charge < -0.3 is 14.7 Å². The Hall–Kier alpha value is -2.42. The first-order valence-electron chi connectivity index (χ1n) is 10.4. The van der Waals surface area contributed by atoms with Crippen LogP contribution in [0.3, 0.4) is 0 Å². The van der Waals surface area contributed by atoms with Crippen molar-refractivity contribution in [3.05, 3.63) is 42.5 Å². The standard InChI is InChI=1S/C21H26N6O2/c28-21(8-2-12-29-15-21)14-26-10-6-16(7-11-26)20-24-23-19-5-4-18(25-27(19)20)17-3-1-9-22-13-17/h1,3-5,9,13,16,28H,2,6-8,10-12,14-15H2. The van der Waals surface area contributed by atoms with Crippen LogP contribution in [0.5, 0.6) is 0 Å². The lowest BCUT2D eigenvalue weighted by Crippen LogP contribution is -2.50. The van der Waals surface area contributed by atoms with Crippen LogP contribution >= 0.6 is 0 Å². The maximum atomic E-state index is 10.7. The van der Waals surface area contributed by atoms with Gasteiger partial charge >= 0.3 is 0 Å². The van der Waals surface area contributed by atoms with Crippen molar-refractivity contribution in [3.8, 4) is 11.3 Å². The van der Waals surface area contributed by atoms with E-state index in [-0.39, 0.29) is 0 Å². The normalized spacial score (nSPS) is 24.2. The summed E-state index contributed by atoms with van der Waals surface area (Å²) in [5, 5.41) is 24.3. The highest BCUT2D eigenvalue weighted by atomic mass is 16.5. The fourth-order valence-electron chi connectivity index (χ4n) is 4.46. The first-order valence-corrected chi connectivity index (χ1v) is 10.4. The average Bonchev–Trinajstić information content (AvgIpc) is 3.18. The third kappa shape index (κ3) is 3.88. The van der Waals surface area contributed by atoms with Crippen LogP contribution in [0.25, 0.3) is 16.9 Å². The van der Waals surface area contributed by atoms with Crippen LogP contribution in [0, 0.1) is 0 Å². The lowest BCUT2D eigenvalue weighted by molar-refractivity contribution is -0.102. The number of hydrogen-bond donors (Lipinski definition) is 1.